The maximum absolute atomic E-state index is 12.7. The molecule has 0 aliphatic carbocycles. The Morgan fingerprint density at radius 3 is 2.75 bits per heavy atom. The molecule has 0 aliphatic heterocycles. The Bertz CT molecular complexity index is 1240. The van der Waals surface area contributed by atoms with Gasteiger partial charge in [-0.15, -0.1) is 0 Å². The molecule has 28 heavy (non-hydrogen) atoms. The number of amides is 1. The molecule has 140 valence electrons. The number of benzene rings is 2. The van der Waals surface area contributed by atoms with E-state index < -0.39 is 0 Å². The summed E-state index contributed by atoms with van der Waals surface area (Å²) in [7, 11) is 0. The average Bonchev–Trinajstić information content (AvgIpc) is 3.04. The van der Waals surface area contributed by atoms with Crippen LogP contribution in [0.15, 0.2) is 76.1 Å². The number of aromatic nitrogens is 3. The molecular formula is C21H17BrN4O2. The molecular weight excluding hydrogens is 420 g/mol. The Hall–Kier alpha value is -3.19. The summed E-state index contributed by atoms with van der Waals surface area (Å²) in [6.07, 6.45) is 1.64. The van der Waals surface area contributed by atoms with Crippen LogP contribution in [0.5, 0.6) is 0 Å². The number of rotatable bonds is 4. The zero-order valence-electron chi connectivity index (χ0n) is 15.1. The van der Waals surface area contributed by atoms with Gasteiger partial charge in [0, 0.05) is 28.2 Å². The first-order valence-corrected chi connectivity index (χ1v) is 9.51. The maximum atomic E-state index is 12.7. The summed E-state index contributed by atoms with van der Waals surface area (Å²) in [4.78, 5) is 24.7. The van der Waals surface area contributed by atoms with E-state index in [1.165, 1.54) is 6.07 Å². The quantitative estimate of drug-likeness (QED) is 0.527. The Morgan fingerprint density at radius 1 is 1.11 bits per heavy atom. The van der Waals surface area contributed by atoms with Crippen LogP contribution in [-0.2, 0) is 11.3 Å². The molecule has 0 radical (unpaired) electrons. The van der Waals surface area contributed by atoms with Crippen LogP contribution < -0.4 is 10.7 Å². The van der Waals surface area contributed by atoms with Crippen molar-refractivity contribution >= 4 is 38.6 Å². The third-order valence-electron chi connectivity index (χ3n) is 4.35. The summed E-state index contributed by atoms with van der Waals surface area (Å²) in [5.74, 6) is 0.385. The van der Waals surface area contributed by atoms with Crippen LogP contribution >= 0.6 is 15.9 Å². The number of hydrogen-bond donors (Lipinski definition) is 1. The van der Waals surface area contributed by atoms with Crippen molar-refractivity contribution in [2.24, 2.45) is 0 Å². The monoisotopic (exact) mass is 436 g/mol. The van der Waals surface area contributed by atoms with Gasteiger partial charge in [0.25, 0.3) is 0 Å². The standard InChI is InChI=1S/C21H17BrN4O2/c1-14-11-20(26(24-14)16-6-4-5-15(22)12-16)23-21(28)13-25-10-9-19(27)17-7-2-3-8-18(17)25/h2-12H,13H2,1H3,(H,23,28). The lowest BCUT2D eigenvalue weighted by molar-refractivity contribution is -0.116. The summed E-state index contributed by atoms with van der Waals surface area (Å²) in [6.45, 7) is 1.96. The molecule has 1 N–H and O–H groups in total. The van der Waals surface area contributed by atoms with Crippen LogP contribution in [0.25, 0.3) is 16.6 Å². The molecule has 0 bridgehead atoms. The van der Waals surface area contributed by atoms with Crippen LogP contribution in [0.4, 0.5) is 5.82 Å². The maximum Gasteiger partial charge on any atom is 0.245 e. The predicted octanol–water partition coefficient (Wildman–Crippen LogP) is 3.90. The smallest absolute Gasteiger partial charge is 0.245 e. The van der Waals surface area contributed by atoms with Crippen LogP contribution in [0.3, 0.4) is 0 Å². The summed E-state index contributed by atoms with van der Waals surface area (Å²) in [6, 6.07) is 18.2. The van der Waals surface area contributed by atoms with E-state index >= 15 is 0 Å². The van der Waals surface area contributed by atoms with E-state index in [4.69, 9.17) is 0 Å². The molecule has 0 saturated carbocycles. The minimum atomic E-state index is -0.204. The molecule has 4 rings (SSSR count). The van der Waals surface area contributed by atoms with Crippen LogP contribution in [0, 0.1) is 6.92 Å². The third kappa shape index (κ3) is 3.61. The van der Waals surface area contributed by atoms with Crippen LogP contribution in [0.1, 0.15) is 5.69 Å². The van der Waals surface area contributed by atoms with Gasteiger partial charge in [-0.25, -0.2) is 4.68 Å². The zero-order chi connectivity index (χ0) is 19.7. The molecule has 6 nitrogen and oxygen atoms in total. The number of pyridine rings is 1. The van der Waals surface area contributed by atoms with E-state index in [1.54, 1.807) is 21.5 Å². The van der Waals surface area contributed by atoms with Crippen molar-refractivity contribution in [2.45, 2.75) is 13.5 Å². The molecule has 0 atom stereocenters. The predicted molar refractivity (Wildman–Crippen MR) is 113 cm³/mol. The summed E-state index contributed by atoms with van der Waals surface area (Å²) < 4.78 is 4.38. The Morgan fingerprint density at radius 2 is 1.93 bits per heavy atom. The number of anilines is 1. The van der Waals surface area contributed by atoms with Gasteiger partial charge in [0.15, 0.2) is 5.43 Å². The van der Waals surface area contributed by atoms with Crippen molar-refractivity contribution in [3.63, 3.8) is 0 Å². The van der Waals surface area contributed by atoms with Gasteiger partial charge in [0.05, 0.1) is 16.9 Å². The Balaban J connectivity index is 1.62. The Labute approximate surface area is 169 Å². The molecule has 0 unspecified atom stereocenters. The number of hydrogen-bond acceptors (Lipinski definition) is 3. The molecule has 2 heterocycles. The highest BCUT2D eigenvalue weighted by Gasteiger charge is 2.12. The number of para-hydroxylation sites is 1. The topological polar surface area (TPSA) is 68.9 Å². The Kier molecular flexibility index (Phi) is 4.83. The van der Waals surface area contributed by atoms with Gasteiger partial charge in [-0.2, -0.15) is 5.10 Å². The van der Waals surface area contributed by atoms with Gasteiger partial charge in [0.1, 0.15) is 12.4 Å². The highest BCUT2D eigenvalue weighted by molar-refractivity contribution is 9.10. The first-order valence-electron chi connectivity index (χ1n) is 8.72. The average molecular weight is 437 g/mol. The van der Waals surface area contributed by atoms with Crippen molar-refractivity contribution in [3.05, 3.63) is 87.3 Å². The minimum absolute atomic E-state index is 0.0596. The highest BCUT2D eigenvalue weighted by Crippen LogP contribution is 2.20. The number of halogens is 1. The van der Waals surface area contributed by atoms with Gasteiger partial charge in [-0.1, -0.05) is 34.1 Å². The zero-order valence-corrected chi connectivity index (χ0v) is 16.7. The third-order valence-corrected chi connectivity index (χ3v) is 4.84. The number of nitrogens with one attached hydrogen (secondary N) is 1. The van der Waals surface area contributed by atoms with Crippen LogP contribution in [0.2, 0.25) is 0 Å². The molecule has 2 aromatic carbocycles. The van der Waals surface area contributed by atoms with E-state index in [0.717, 1.165) is 21.4 Å². The van der Waals surface area contributed by atoms with Crippen molar-refractivity contribution in [2.75, 3.05) is 5.32 Å². The van der Waals surface area contributed by atoms with E-state index in [9.17, 15) is 9.59 Å². The molecule has 0 fully saturated rings. The molecule has 2 aromatic heterocycles. The lowest BCUT2D eigenvalue weighted by Crippen LogP contribution is -2.21. The lowest BCUT2D eigenvalue weighted by atomic mass is 10.2. The normalized spacial score (nSPS) is 10.9. The van der Waals surface area contributed by atoms with Gasteiger partial charge in [-0.3, -0.25) is 9.59 Å². The first kappa shape index (κ1) is 18.2. The number of carbonyl (C=O) groups excluding carboxylic acids is 1. The minimum Gasteiger partial charge on any atom is -0.338 e. The fraction of sp³-hybridized carbons (Fsp3) is 0.0952. The molecule has 0 aliphatic rings. The second-order valence-electron chi connectivity index (χ2n) is 6.44. The van der Waals surface area contributed by atoms with Crippen molar-refractivity contribution in [1.29, 1.82) is 0 Å². The van der Waals surface area contributed by atoms with E-state index in [0.29, 0.717) is 11.2 Å². The molecule has 1 amide bonds. The lowest BCUT2D eigenvalue weighted by Gasteiger charge is -2.12. The van der Waals surface area contributed by atoms with Gasteiger partial charge < -0.3 is 9.88 Å². The number of aryl methyl sites for hydroxylation is 1. The number of fused-ring (bicyclic) bond motifs is 1. The van der Waals surface area contributed by atoms with Crippen molar-refractivity contribution < 1.29 is 4.79 Å². The van der Waals surface area contributed by atoms with Crippen LogP contribution in [-0.4, -0.2) is 20.3 Å². The second kappa shape index (κ2) is 7.44. The number of nitrogens with zero attached hydrogens (tertiary/aromatic N) is 3. The van der Waals surface area contributed by atoms with Crippen molar-refractivity contribution in [1.82, 2.24) is 14.3 Å². The fourth-order valence-corrected chi connectivity index (χ4v) is 3.52. The molecule has 4 aromatic rings. The summed E-state index contributed by atoms with van der Waals surface area (Å²) in [5, 5.41) is 7.99. The van der Waals surface area contributed by atoms with Gasteiger partial charge in [0.2, 0.25) is 5.91 Å². The van der Waals surface area contributed by atoms with Gasteiger partial charge >= 0.3 is 0 Å². The van der Waals surface area contributed by atoms with Gasteiger partial charge in [-0.05, 0) is 37.3 Å². The first-order chi connectivity index (χ1) is 13.5. The second-order valence-corrected chi connectivity index (χ2v) is 7.35. The molecule has 0 saturated heterocycles. The van der Waals surface area contributed by atoms with E-state index in [-0.39, 0.29) is 17.9 Å². The number of carbonyl (C=O) groups is 1. The molecule has 0 spiro atoms. The highest BCUT2D eigenvalue weighted by atomic mass is 79.9. The van der Waals surface area contributed by atoms with E-state index in [2.05, 4.69) is 26.3 Å². The molecule has 7 heteroatoms. The fourth-order valence-electron chi connectivity index (χ4n) is 3.13. The van der Waals surface area contributed by atoms with E-state index in [1.807, 2.05) is 55.5 Å². The SMILES string of the molecule is Cc1cc(NC(=O)Cn2ccc(=O)c3ccccc32)n(-c2cccc(Br)c2)n1. The summed E-state index contributed by atoms with van der Waals surface area (Å²) in [5.41, 5.74) is 2.30. The largest absolute Gasteiger partial charge is 0.338 e. The van der Waals surface area contributed by atoms with Crippen molar-refractivity contribution in [3.8, 4) is 5.69 Å². The summed E-state index contributed by atoms with van der Waals surface area (Å²) >= 11 is 3.46.